The Morgan fingerprint density at radius 1 is 1.35 bits per heavy atom. The summed E-state index contributed by atoms with van der Waals surface area (Å²) in [7, 11) is 0. The summed E-state index contributed by atoms with van der Waals surface area (Å²) in [4.78, 5) is 37.5. The van der Waals surface area contributed by atoms with Gasteiger partial charge in [-0.2, -0.15) is 5.10 Å². The summed E-state index contributed by atoms with van der Waals surface area (Å²) in [6.07, 6.45) is 1.81. The quantitative estimate of drug-likeness (QED) is 0.727. The van der Waals surface area contributed by atoms with Crippen LogP contribution in [-0.2, 0) is 22.5 Å². The highest BCUT2D eigenvalue weighted by Crippen LogP contribution is 2.34. The first kappa shape index (κ1) is 20.4. The molecule has 2 rings (SSSR count). The van der Waals surface area contributed by atoms with Crippen LogP contribution < -0.4 is 10.9 Å². The van der Waals surface area contributed by atoms with Crippen LogP contribution in [0.4, 0.5) is 5.00 Å². The predicted octanol–water partition coefficient (Wildman–Crippen LogP) is 3.30. The van der Waals surface area contributed by atoms with Crippen molar-refractivity contribution in [2.24, 2.45) is 0 Å². The van der Waals surface area contributed by atoms with Crippen LogP contribution in [0.1, 0.15) is 34.6 Å². The number of carbonyl (C=O) groups is 2. The van der Waals surface area contributed by atoms with Crippen LogP contribution in [-0.4, -0.2) is 28.3 Å². The molecule has 0 unspecified atom stereocenters. The Hall–Kier alpha value is -1.90. The lowest BCUT2D eigenvalue weighted by atomic mass is 10.1. The third-order valence-electron chi connectivity index (χ3n) is 3.53. The average Bonchev–Trinajstić information content (AvgIpc) is 2.90. The van der Waals surface area contributed by atoms with Crippen LogP contribution in [0.15, 0.2) is 11.0 Å². The minimum atomic E-state index is -0.670. The monoisotopic (exact) mass is 417 g/mol. The molecule has 7 nitrogen and oxygen atoms in total. The van der Waals surface area contributed by atoms with Crippen molar-refractivity contribution in [3.05, 3.63) is 42.6 Å². The van der Waals surface area contributed by atoms with Crippen LogP contribution in [0, 0.1) is 6.92 Å². The number of thiophene rings is 1. The van der Waals surface area contributed by atoms with Gasteiger partial charge >= 0.3 is 5.97 Å². The lowest BCUT2D eigenvalue weighted by Gasteiger charge is -2.09. The minimum absolute atomic E-state index is 0.0133. The van der Waals surface area contributed by atoms with E-state index >= 15 is 0 Å². The van der Waals surface area contributed by atoms with Gasteiger partial charge in [0.05, 0.1) is 23.4 Å². The van der Waals surface area contributed by atoms with Crippen molar-refractivity contribution in [3.63, 3.8) is 0 Å². The Morgan fingerprint density at radius 2 is 2.04 bits per heavy atom. The zero-order valence-electron chi connectivity index (χ0n) is 14.4. The zero-order valence-corrected chi connectivity index (χ0v) is 16.7. The number of amides is 1. The fraction of sp³-hybridized carbons (Fsp3) is 0.375. The summed E-state index contributed by atoms with van der Waals surface area (Å²) < 4.78 is 5.99. The van der Waals surface area contributed by atoms with Crippen molar-refractivity contribution in [1.82, 2.24) is 9.78 Å². The first-order chi connectivity index (χ1) is 12.3. The number of anilines is 1. The van der Waals surface area contributed by atoms with Crippen LogP contribution in [0.3, 0.4) is 0 Å². The number of ether oxygens (including phenoxy) is 1. The molecule has 1 amide bonds. The normalized spacial score (nSPS) is 10.7. The summed E-state index contributed by atoms with van der Waals surface area (Å²) in [5, 5.41) is 6.63. The number of carbonyl (C=O) groups excluding carboxylic acids is 2. The Balaban J connectivity index is 2.28. The second-order valence-electron chi connectivity index (χ2n) is 5.23. The molecule has 0 spiro atoms. The van der Waals surface area contributed by atoms with Gasteiger partial charge in [0.25, 0.3) is 5.56 Å². The first-order valence-corrected chi connectivity index (χ1v) is 9.37. The van der Waals surface area contributed by atoms with Gasteiger partial charge in [-0.15, -0.1) is 11.3 Å². The molecule has 2 aromatic heterocycles. The molecule has 0 aliphatic rings. The molecule has 0 saturated heterocycles. The van der Waals surface area contributed by atoms with E-state index in [4.69, 9.17) is 27.9 Å². The minimum Gasteiger partial charge on any atom is -0.462 e. The van der Waals surface area contributed by atoms with E-state index in [1.54, 1.807) is 6.92 Å². The van der Waals surface area contributed by atoms with Crippen molar-refractivity contribution in [2.75, 3.05) is 11.9 Å². The van der Waals surface area contributed by atoms with E-state index in [0.29, 0.717) is 17.0 Å². The summed E-state index contributed by atoms with van der Waals surface area (Å²) in [5.74, 6) is -1.01. The summed E-state index contributed by atoms with van der Waals surface area (Å²) in [6.45, 7) is 5.36. The number of esters is 1. The van der Waals surface area contributed by atoms with E-state index in [1.807, 2.05) is 13.8 Å². The molecule has 2 heterocycles. The van der Waals surface area contributed by atoms with Gasteiger partial charge in [0.1, 0.15) is 16.6 Å². The molecular weight excluding hydrogens is 401 g/mol. The molecule has 140 valence electrons. The SMILES string of the molecule is CCOC(=O)c1c(NC(=O)Cn2ncc(Cl)c(Cl)c2=O)sc(C)c1CC. The number of hydrogen-bond acceptors (Lipinski definition) is 6. The lowest BCUT2D eigenvalue weighted by Crippen LogP contribution is -2.30. The molecule has 2 aromatic rings. The molecule has 0 aliphatic heterocycles. The van der Waals surface area contributed by atoms with Gasteiger partial charge in [-0.1, -0.05) is 30.1 Å². The molecule has 1 N–H and O–H groups in total. The highest BCUT2D eigenvalue weighted by Gasteiger charge is 2.23. The Bertz CT molecular complexity index is 908. The van der Waals surface area contributed by atoms with E-state index in [2.05, 4.69) is 10.4 Å². The van der Waals surface area contributed by atoms with E-state index in [9.17, 15) is 14.4 Å². The lowest BCUT2D eigenvalue weighted by molar-refractivity contribution is -0.117. The molecule has 0 radical (unpaired) electrons. The Morgan fingerprint density at radius 3 is 2.65 bits per heavy atom. The van der Waals surface area contributed by atoms with Crippen LogP contribution in [0.2, 0.25) is 10.0 Å². The third kappa shape index (κ3) is 4.25. The molecule has 0 aliphatic carbocycles. The van der Waals surface area contributed by atoms with Crippen molar-refractivity contribution in [1.29, 1.82) is 0 Å². The second kappa shape index (κ2) is 8.66. The maximum Gasteiger partial charge on any atom is 0.341 e. The van der Waals surface area contributed by atoms with Crippen molar-refractivity contribution < 1.29 is 14.3 Å². The highest BCUT2D eigenvalue weighted by molar-refractivity contribution is 7.16. The van der Waals surface area contributed by atoms with Gasteiger partial charge in [-0.25, -0.2) is 9.48 Å². The van der Waals surface area contributed by atoms with E-state index in [0.717, 1.165) is 15.1 Å². The standard InChI is InChI=1S/C16H17Cl2N3O4S/c1-4-9-8(3)26-14(12(9)16(24)25-5-2)20-11(22)7-21-15(23)13(18)10(17)6-19-21/h6H,4-5,7H2,1-3H3,(H,20,22). The molecule has 10 heteroatoms. The first-order valence-electron chi connectivity index (χ1n) is 7.80. The van der Waals surface area contributed by atoms with Gasteiger partial charge < -0.3 is 10.1 Å². The summed E-state index contributed by atoms with van der Waals surface area (Å²) >= 11 is 12.8. The summed E-state index contributed by atoms with van der Waals surface area (Å²) in [5.41, 5.74) is 0.504. The number of aromatic nitrogens is 2. The van der Waals surface area contributed by atoms with Crippen LogP contribution in [0.25, 0.3) is 0 Å². The third-order valence-corrected chi connectivity index (χ3v) is 5.34. The Labute approximate surface area is 163 Å². The zero-order chi connectivity index (χ0) is 19.4. The van der Waals surface area contributed by atoms with E-state index in [-0.39, 0.29) is 23.2 Å². The topological polar surface area (TPSA) is 90.3 Å². The van der Waals surface area contributed by atoms with Gasteiger partial charge in [0.2, 0.25) is 5.91 Å². The number of nitrogens with one attached hydrogen (secondary N) is 1. The Kier molecular flexibility index (Phi) is 6.80. The van der Waals surface area contributed by atoms with E-state index in [1.165, 1.54) is 17.5 Å². The molecule has 0 fully saturated rings. The van der Waals surface area contributed by atoms with Crippen LogP contribution in [0.5, 0.6) is 0 Å². The molecular formula is C16H17Cl2N3O4S. The number of hydrogen-bond donors (Lipinski definition) is 1. The largest absolute Gasteiger partial charge is 0.462 e. The average molecular weight is 418 g/mol. The maximum absolute atomic E-state index is 12.3. The van der Waals surface area contributed by atoms with Crippen molar-refractivity contribution in [3.8, 4) is 0 Å². The predicted molar refractivity (Wildman–Crippen MR) is 102 cm³/mol. The van der Waals surface area contributed by atoms with E-state index < -0.39 is 17.4 Å². The fourth-order valence-corrected chi connectivity index (χ4v) is 3.79. The fourth-order valence-electron chi connectivity index (χ4n) is 2.37. The molecule has 0 saturated carbocycles. The summed E-state index contributed by atoms with van der Waals surface area (Å²) in [6, 6.07) is 0. The van der Waals surface area contributed by atoms with Crippen LogP contribution >= 0.6 is 34.5 Å². The maximum atomic E-state index is 12.3. The molecule has 0 atom stereocenters. The van der Waals surface area contributed by atoms with Crippen molar-refractivity contribution >= 4 is 51.4 Å². The molecule has 26 heavy (non-hydrogen) atoms. The number of nitrogens with zero attached hydrogens (tertiary/aromatic N) is 2. The number of rotatable bonds is 6. The highest BCUT2D eigenvalue weighted by atomic mass is 35.5. The second-order valence-corrected chi connectivity index (χ2v) is 7.24. The van der Waals surface area contributed by atoms with Gasteiger partial charge in [0.15, 0.2) is 0 Å². The number of aryl methyl sites for hydroxylation is 1. The van der Waals surface area contributed by atoms with Crippen molar-refractivity contribution in [2.45, 2.75) is 33.7 Å². The van der Waals surface area contributed by atoms with Gasteiger partial charge in [-0.3, -0.25) is 9.59 Å². The molecule has 0 bridgehead atoms. The van der Waals surface area contributed by atoms with Gasteiger partial charge in [0, 0.05) is 4.88 Å². The number of halogens is 2. The van der Waals surface area contributed by atoms with Gasteiger partial charge in [-0.05, 0) is 25.8 Å². The molecule has 0 aromatic carbocycles. The smallest absolute Gasteiger partial charge is 0.341 e.